The Morgan fingerprint density at radius 1 is 1.42 bits per heavy atom. The van der Waals surface area contributed by atoms with Crippen LogP contribution in [0.5, 0.6) is 0 Å². The third kappa shape index (κ3) is 4.95. The molecule has 1 heterocycles. The summed E-state index contributed by atoms with van der Waals surface area (Å²) in [6.07, 6.45) is 11.2. The number of pyridine rings is 1. The summed E-state index contributed by atoms with van der Waals surface area (Å²) in [5.74, 6) is 6.71. The lowest BCUT2D eigenvalue weighted by molar-refractivity contribution is 0.513. The lowest BCUT2D eigenvalue weighted by atomic mass is 10.0. The van der Waals surface area contributed by atoms with Gasteiger partial charge in [-0.3, -0.25) is 16.3 Å². The van der Waals surface area contributed by atoms with Crippen molar-refractivity contribution in [3.8, 4) is 0 Å². The second-order valence-electron chi connectivity index (χ2n) is 5.13. The summed E-state index contributed by atoms with van der Waals surface area (Å²) in [5.41, 5.74) is 4.03. The lowest BCUT2D eigenvalue weighted by Crippen LogP contribution is -2.39. The van der Waals surface area contributed by atoms with E-state index in [0.29, 0.717) is 0 Å². The number of nitrogens with zero attached hydrogens (tertiary/aromatic N) is 1. The predicted molar refractivity (Wildman–Crippen MR) is 83.4 cm³/mol. The number of hydrazine groups is 1. The molecule has 2 rings (SSSR count). The molecule has 0 saturated heterocycles. The first-order valence-corrected chi connectivity index (χ1v) is 8.38. The van der Waals surface area contributed by atoms with E-state index in [9.17, 15) is 0 Å². The van der Waals surface area contributed by atoms with Crippen LogP contribution in [0, 0.1) is 0 Å². The van der Waals surface area contributed by atoms with Crippen molar-refractivity contribution in [1.82, 2.24) is 10.4 Å². The second-order valence-corrected chi connectivity index (χ2v) is 6.87. The zero-order valence-electron chi connectivity index (χ0n) is 11.1. The van der Waals surface area contributed by atoms with E-state index in [2.05, 4.69) is 22.2 Å². The molecule has 0 amide bonds. The summed E-state index contributed by atoms with van der Waals surface area (Å²) in [4.78, 5) is 4.01. The van der Waals surface area contributed by atoms with E-state index in [1.165, 1.54) is 32.1 Å². The molecule has 1 unspecified atom stereocenters. The van der Waals surface area contributed by atoms with E-state index in [0.717, 1.165) is 28.0 Å². The van der Waals surface area contributed by atoms with Gasteiger partial charge in [0.2, 0.25) is 0 Å². The second kappa shape index (κ2) is 8.10. The highest BCUT2D eigenvalue weighted by atomic mass is 35.5. The molecule has 5 heteroatoms. The van der Waals surface area contributed by atoms with Crippen LogP contribution in [0.1, 0.15) is 37.7 Å². The Hall–Kier alpha value is -0.290. The minimum atomic E-state index is 0.270. The van der Waals surface area contributed by atoms with Gasteiger partial charge in [0, 0.05) is 29.4 Å². The van der Waals surface area contributed by atoms with E-state index in [1.54, 1.807) is 12.4 Å². The van der Waals surface area contributed by atoms with Crippen molar-refractivity contribution < 1.29 is 0 Å². The molecule has 0 bridgehead atoms. The van der Waals surface area contributed by atoms with E-state index in [1.807, 2.05) is 6.07 Å². The van der Waals surface area contributed by atoms with E-state index in [4.69, 9.17) is 17.4 Å². The molecule has 1 aromatic rings. The van der Waals surface area contributed by atoms with Crippen LogP contribution < -0.4 is 11.3 Å². The summed E-state index contributed by atoms with van der Waals surface area (Å²) >= 11 is 8.19. The maximum atomic E-state index is 6.14. The van der Waals surface area contributed by atoms with Gasteiger partial charge in [-0.15, -0.1) is 0 Å². The van der Waals surface area contributed by atoms with Gasteiger partial charge in [-0.05, 0) is 30.9 Å². The van der Waals surface area contributed by atoms with Gasteiger partial charge in [0.05, 0.1) is 5.02 Å². The number of thioether (sulfide) groups is 1. The van der Waals surface area contributed by atoms with Crippen LogP contribution in [-0.4, -0.2) is 22.0 Å². The van der Waals surface area contributed by atoms with E-state index >= 15 is 0 Å². The maximum Gasteiger partial charge on any atom is 0.0621 e. The smallest absolute Gasteiger partial charge is 0.0621 e. The molecule has 3 nitrogen and oxygen atoms in total. The number of aromatic nitrogens is 1. The van der Waals surface area contributed by atoms with Crippen LogP contribution in [0.2, 0.25) is 5.02 Å². The van der Waals surface area contributed by atoms with Gasteiger partial charge in [0.1, 0.15) is 0 Å². The average Bonchev–Trinajstić information content (AvgIpc) is 2.46. The zero-order valence-corrected chi connectivity index (χ0v) is 12.7. The fourth-order valence-corrected chi connectivity index (χ4v) is 4.07. The number of nitrogens with two attached hydrogens (primary N) is 1. The summed E-state index contributed by atoms with van der Waals surface area (Å²) in [5, 5.41) is 1.54. The van der Waals surface area contributed by atoms with Gasteiger partial charge in [-0.2, -0.15) is 11.8 Å². The highest BCUT2D eigenvalue weighted by molar-refractivity contribution is 7.99. The normalized spacial score (nSPS) is 18.4. The van der Waals surface area contributed by atoms with Crippen molar-refractivity contribution in [1.29, 1.82) is 0 Å². The third-order valence-electron chi connectivity index (χ3n) is 3.64. The van der Waals surface area contributed by atoms with Gasteiger partial charge < -0.3 is 0 Å². The predicted octanol–water partition coefficient (Wildman–Crippen LogP) is 3.18. The first-order valence-electron chi connectivity index (χ1n) is 6.95. The average molecular weight is 300 g/mol. The van der Waals surface area contributed by atoms with Gasteiger partial charge in [0.25, 0.3) is 0 Å². The maximum absolute atomic E-state index is 6.14. The summed E-state index contributed by atoms with van der Waals surface area (Å²) < 4.78 is 0. The minimum Gasteiger partial charge on any atom is -0.271 e. The molecule has 19 heavy (non-hydrogen) atoms. The molecule has 3 N–H and O–H groups in total. The van der Waals surface area contributed by atoms with E-state index in [-0.39, 0.29) is 6.04 Å². The molecule has 1 aliphatic carbocycles. The van der Waals surface area contributed by atoms with Crippen molar-refractivity contribution in [3.63, 3.8) is 0 Å². The number of hydrogen-bond acceptors (Lipinski definition) is 4. The van der Waals surface area contributed by atoms with Crippen LogP contribution in [-0.2, 0) is 6.42 Å². The van der Waals surface area contributed by atoms with Gasteiger partial charge >= 0.3 is 0 Å². The van der Waals surface area contributed by atoms with Crippen molar-refractivity contribution in [2.45, 2.75) is 49.8 Å². The fraction of sp³-hybridized carbons (Fsp3) is 0.643. The summed E-state index contributed by atoms with van der Waals surface area (Å²) in [6.45, 7) is 0. The molecule has 0 aromatic carbocycles. The van der Waals surface area contributed by atoms with Gasteiger partial charge in [-0.1, -0.05) is 30.9 Å². The molecule has 1 fully saturated rings. The molecule has 106 valence electrons. The standard InChI is InChI=1S/C14H22ClN3S/c15-14-9-17-7-6-11(14)8-12(18-16)10-19-13-4-2-1-3-5-13/h6-7,9,12-13,18H,1-5,8,10,16H2. The van der Waals surface area contributed by atoms with Gasteiger partial charge in [-0.25, -0.2) is 0 Å². The van der Waals surface area contributed by atoms with Crippen LogP contribution in [0.15, 0.2) is 18.5 Å². The first-order chi connectivity index (χ1) is 9.29. The fourth-order valence-electron chi connectivity index (χ4n) is 2.48. The summed E-state index contributed by atoms with van der Waals surface area (Å²) in [7, 11) is 0. The number of rotatable bonds is 6. The first kappa shape index (κ1) is 15.1. The van der Waals surface area contributed by atoms with E-state index < -0.39 is 0 Å². The van der Waals surface area contributed by atoms with Crippen LogP contribution in [0.25, 0.3) is 0 Å². The molecule has 1 atom stereocenters. The Kier molecular flexibility index (Phi) is 6.44. The molecule has 0 radical (unpaired) electrons. The molecule has 0 spiro atoms. The quantitative estimate of drug-likeness (QED) is 0.626. The summed E-state index contributed by atoms with van der Waals surface area (Å²) in [6, 6.07) is 2.24. The molecule has 1 aromatic heterocycles. The van der Waals surface area contributed by atoms with Gasteiger partial charge in [0.15, 0.2) is 0 Å². The number of halogens is 1. The monoisotopic (exact) mass is 299 g/mol. The minimum absolute atomic E-state index is 0.270. The highest BCUT2D eigenvalue weighted by Gasteiger charge is 2.17. The number of hydrogen-bond donors (Lipinski definition) is 2. The topological polar surface area (TPSA) is 50.9 Å². The van der Waals surface area contributed by atoms with Crippen molar-refractivity contribution in [3.05, 3.63) is 29.0 Å². The third-order valence-corrected chi connectivity index (χ3v) is 5.52. The molecular weight excluding hydrogens is 278 g/mol. The Bertz CT molecular complexity index is 383. The Labute approximate surface area is 124 Å². The highest BCUT2D eigenvalue weighted by Crippen LogP contribution is 2.29. The number of nitrogens with one attached hydrogen (secondary N) is 1. The molecule has 0 aliphatic heterocycles. The largest absolute Gasteiger partial charge is 0.271 e. The zero-order chi connectivity index (χ0) is 13.5. The Morgan fingerprint density at radius 2 is 2.21 bits per heavy atom. The molecule has 1 saturated carbocycles. The molecule has 1 aliphatic rings. The Balaban J connectivity index is 1.81. The van der Waals surface area contributed by atoms with Crippen molar-refractivity contribution in [2.75, 3.05) is 5.75 Å². The lowest BCUT2D eigenvalue weighted by Gasteiger charge is -2.24. The molecular formula is C14H22ClN3S. The van der Waals surface area contributed by atoms with Crippen LogP contribution in [0.3, 0.4) is 0 Å². The SMILES string of the molecule is NNC(CSC1CCCCC1)Cc1ccncc1Cl. The Morgan fingerprint density at radius 3 is 2.89 bits per heavy atom. The van der Waals surface area contributed by atoms with Crippen LogP contribution in [0.4, 0.5) is 0 Å². The van der Waals surface area contributed by atoms with Crippen molar-refractivity contribution >= 4 is 23.4 Å². The van der Waals surface area contributed by atoms with Crippen LogP contribution >= 0.6 is 23.4 Å². The van der Waals surface area contributed by atoms with Crippen molar-refractivity contribution in [2.24, 2.45) is 5.84 Å².